The Hall–Kier alpha value is -3.84. The third kappa shape index (κ3) is 10.9. The lowest BCUT2D eigenvalue weighted by Gasteiger charge is -2.41. The van der Waals surface area contributed by atoms with Crippen LogP contribution in [0, 0.1) is 5.21 Å². The SMILES string of the molecule is C[C@@H](NC(=O)[C@@H](N)Cc1ccc(O)cc1)C(=O)NCC(=O)[N+](C)([O-])[C@@H](Cc1ccccc1)C(=O)NCCCN(C)C. The summed E-state index contributed by atoms with van der Waals surface area (Å²) in [6, 6.07) is 11.9. The number of hydroxylamine groups is 3. The number of phenols is 1. The smallest absolute Gasteiger partial charge is 0.333 e. The van der Waals surface area contributed by atoms with E-state index in [9.17, 15) is 29.5 Å². The molecule has 1 unspecified atom stereocenters. The lowest BCUT2D eigenvalue weighted by Crippen LogP contribution is -2.61. The van der Waals surface area contributed by atoms with Gasteiger partial charge in [-0.3, -0.25) is 19.0 Å². The molecule has 0 saturated carbocycles. The van der Waals surface area contributed by atoms with Crippen LogP contribution in [0.1, 0.15) is 24.5 Å². The maximum atomic E-state index is 13.6. The molecule has 2 aromatic rings. The van der Waals surface area contributed by atoms with E-state index < -0.39 is 52.9 Å². The van der Waals surface area contributed by atoms with Crippen molar-refractivity contribution in [3.63, 3.8) is 0 Å². The highest BCUT2D eigenvalue weighted by Gasteiger charge is 2.38. The molecule has 4 amide bonds. The normalized spacial score (nSPS) is 14.8. The van der Waals surface area contributed by atoms with Crippen LogP contribution in [0.5, 0.6) is 5.75 Å². The van der Waals surface area contributed by atoms with E-state index in [1.807, 2.05) is 25.1 Å². The molecule has 4 atom stereocenters. The van der Waals surface area contributed by atoms with Gasteiger partial charge >= 0.3 is 5.91 Å². The average Bonchev–Trinajstić information content (AvgIpc) is 2.93. The van der Waals surface area contributed by atoms with E-state index in [1.54, 1.807) is 36.4 Å². The zero-order valence-corrected chi connectivity index (χ0v) is 24.1. The topological polar surface area (TPSA) is 177 Å². The van der Waals surface area contributed by atoms with E-state index in [0.717, 1.165) is 24.7 Å². The van der Waals surface area contributed by atoms with Crippen molar-refractivity contribution in [2.45, 2.75) is 44.3 Å². The minimum absolute atomic E-state index is 0.0332. The molecule has 0 aromatic heterocycles. The summed E-state index contributed by atoms with van der Waals surface area (Å²) in [5.74, 6) is -2.63. The second-order valence-corrected chi connectivity index (χ2v) is 10.5. The highest BCUT2D eigenvalue weighted by molar-refractivity contribution is 5.91. The fourth-order valence-electron chi connectivity index (χ4n) is 4.06. The van der Waals surface area contributed by atoms with Crippen LogP contribution in [-0.4, -0.2) is 97.2 Å². The number of benzene rings is 2. The van der Waals surface area contributed by atoms with Crippen LogP contribution in [-0.2, 0) is 32.0 Å². The average molecular weight is 571 g/mol. The molecule has 0 heterocycles. The highest BCUT2D eigenvalue weighted by atomic mass is 16.6. The van der Waals surface area contributed by atoms with E-state index in [4.69, 9.17) is 5.73 Å². The molecule has 0 spiro atoms. The number of carbonyl (C=O) groups excluding carboxylic acids is 4. The number of carbonyl (C=O) groups is 4. The Morgan fingerprint density at radius 1 is 0.927 bits per heavy atom. The zero-order valence-electron chi connectivity index (χ0n) is 24.1. The Labute approximate surface area is 241 Å². The number of amides is 4. The maximum Gasteiger partial charge on any atom is 0.333 e. The minimum Gasteiger partial charge on any atom is -0.625 e. The van der Waals surface area contributed by atoms with Gasteiger partial charge in [-0.2, -0.15) is 0 Å². The van der Waals surface area contributed by atoms with Crippen LogP contribution in [0.4, 0.5) is 0 Å². The molecule has 6 N–H and O–H groups in total. The number of aromatic hydroxyl groups is 1. The number of hydrogen-bond donors (Lipinski definition) is 5. The van der Waals surface area contributed by atoms with Crippen molar-refractivity contribution in [1.82, 2.24) is 20.9 Å². The molecule has 0 bridgehead atoms. The third-order valence-electron chi connectivity index (χ3n) is 6.64. The first-order valence-electron chi connectivity index (χ1n) is 13.5. The van der Waals surface area contributed by atoms with E-state index >= 15 is 0 Å². The fraction of sp³-hybridized carbons (Fsp3) is 0.448. The van der Waals surface area contributed by atoms with E-state index in [-0.39, 0.29) is 18.6 Å². The summed E-state index contributed by atoms with van der Waals surface area (Å²) in [4.78, 5) is 53.2. The monoisotopic (exact) mass is 570 g/mol. The van der Waals surface area contributed by atoms with Crippen molar-refractivity contribution in [2.75, 3.05) is 40.8 Å². The number of rotatable bonds is 15. The molecule has 0 aliphatic rings. The molecule has 2 rings (SSSR count). The molecular weight excluding hydrogens is 528 g/mol. The Morgan fingerprint density at radius 3 is 2.15 bits per heavy atom. The van der Waals surface area contributed by atoms with Gasteiger partial charge in [0.2, 0.25) is 11.8 Å². The number of hydrogen-bond acceptors (Lipinski definition) is 8. The van der Waals surface area contributed by atoms with Crippen LogP contribution in [0.2, 0.25) is 0 Å². The van der Waals surface area contributed by atoms with Gasteiger partial charge in [0.1, 0.15) is 18.3 Å². The Morgan fingerprint density at radius 2 is 1.54 bits per heavy atom. The molecule has 0 aliphatic heterocycles. The molecule has 2 aromatic carbocycles. The summed E-state index contributed by atoms with van der Waals surface area (Å²) < 4.78 is -1.52. The van der Waals surface area contributed by atoms with Crippen molar-refractivity contribution < 1.29 is 28.9 Å². The van der Waals surface area contributed by atoms with E-state index in [1.165, 1.54) is 19.1 Å². The Kier molecular flexibility index (Phi) is 12.9. The zero-order chi connectivity index (χ0) is 30.6. The Bertz CT molecular complexity index is 1160. The summed E-state index contributed by atoms with van der Waals surface area (Å²) in [5, 5.41) is 30.6. The third-order valence-corrected chi connectivity index (χ3v) is 6.64. The summed E-state index contributed by atoms with van der Waals surface area (Å²) in [6.45, 7) is 1.89. The van der Waals surface area contributed by atoms with Gasteiger partial charge in [0.25, 0.3) is 5.91 Å². The molecular formula is C29H42N6O6. The summed E-state index contributed by atoms with van der Waals surface area (Å²) in [6.07, 6.45) is 0.891. The first-order valence-corrected chi connectivity index (χ1v) is 13.5. The predicted molar refractivity (Wildman–Crippen MR) is 155 cm³/mol. The van der Waals surface area contributed by atoms with E-state index in [0.29, 0.717) is 13.0 Å². The molecule has 12 heteroatoms. The highest BCUT2D eigenvalue weighted by Crippen LogP contribution is 2.16. The summed E-state index contributed by atoms with van der Waals surface area (Å²) in [5.41, 5.74) is 7.40. The Balaban J connectivity index is 1.97. The standard InChI is InChI=1S/C29H42N6O6/c1-20(33-28(39)24(30)17-22-11-13-23(36)14-12-22)27(38)32-19-26(37)35(4,41)25(18-21-9-6-5-7-10-21)29(40)31-15-8-16-34(2)3/h5-7,9-14,20,24-25,36H,8,15-19,30H2,1-4H3,(H,31,40)(H,32,38)(H,33,39)/t20-,24+,25+,35?/m1/s1. The molecule has 0 fully saturated rings. The molecule has 12 nitrogen and oxygen atoms in total. The van der Waals surface area contributed by atoms with Gasteiger partial charge in [0.15, 0.2) is 6.04 Å². The lowest BCUT2D eigenvalue weighted by atomic mass is 10.0. The van der Waals surface area contributed by atoms with Crippen molar-refractivity contribution in [1.29, 1.82) is 0 Å². The van der Waals surface area contributed by atoms with Crippen molar-refractivity contribution in [3.05, 3.63) is 70.9 Å². The lowest BCUT2D eigenvalue weighted by molar-refractivity contribution is -0.800. The van der Waals surface area contributed by atoms with Crippen molar-refractivity contribution in [3.8, 4) is 5.75 Å². The number of phenolic OH excluding ortho intramolecular Hbond substituents is 1. The van der Waals surface area contributed by atoms with Gasteiger partial charge < -0.3 is 36.9 Å². The molecule has 224 valence electrons. The molecule has 0 aliphatic carbocycles. The second kappa shape index (κ2) is 15.8. The minimum atomic E-state index is -1.52. The quantitative estimate of drug-likeness (QED) is 0.113. The summed E-state index contributed by atoms with van der Waals surface area (Å²) in [7, 11) is 4.93. The maximum absolute atomic E-state index is 13.6. The van der Waals surface area contributed by atoms with Crippen LogP contribution in [0.25, 0.3) is 0 Å². The fourth-order valence-corrected chi connectivity index (χ4v) is 4.06. The van der Waals surface area contributed by atoms with Gasteiger partial charge in [-0.15, -0.1) is 0 Å². The van der Waals surface area contributed by atoms with Gasteiger partial charge in [-0.25, -0.2) is 4.79 Å². The first-order chi connectivity index (χ1) is 19.3. The van der Waals surface area contributed by atoms with E-state index in [2.05, 4.69) is 16.0 Å². The van der Waals surface area contributed by atoms with Gasteiger partial charge in [-0.1, -0.05) is 42.5 Å². The van der Waals surface area contributed by atoms with Crippen LogP contribution < -0.4 is 21.7 Å². The predicted octanol–water partition coefficient (Wildman–Crippen LogP) is 0.0331. The second-order valence-electron chi connectivity index (χ2n) is 10.5. The van der Waals surface area contributed by atoms with Gasteiger partial charge in [0.05, 0.1) is 13.1 Å². The van der Waals surface area contributed by atoms with Gasteiger partial charge in [0, 0.05) is 13.0 Å². The van der Waals surface area contributed by atoms with Gasteiger partial charge in [-0.05, 0) is 63.7 Å². The van der Waals surface area contributed by atoms with Crippen LogP contribution >= 0.6 is 0 Å². The first kappa shape index (κ1) is 33.4. The number of nitrogens with two attached hydrogens (primary N) is 1. The summed E-state index contributed by atoms with van der Waals surface area (Å²) >= 11 is 0. The molecule has 0 radical (unpaired) electrons. The molecule has 0 saturated heterocycles. The number of likely N-dealkylation sites (N-methyl/N-ethyl adjacent to an activating group) is 1. The van der Waals surface area contributed by atoms with Crippen molar-refractivity contribution in [2.24, 2.45) is 5.73 Å². The number of quaternary nitrogens is 1. The number of nitrogens with one attached hydrogen (secondary N) is 3. The number of nitrogens with zero attached hydrogens (tertiary/aromatic N) is 2. The van der Waals surface area contributed by atoms with Crippen LogP contribution in [0.15, 0.2) is 54.6 Å². The molecule has 41 heavy (non-hydrogen) atoms. The van der Waals surface area contributed by atoms with Crippen molar-refractivity contribution >= 4 is 23.6 Å². The largest absolute Gasteiger partial charge is 0.625 e. The van der Waals surface area contributed by atoms with Crippen LogP contribution in [0.3, 0.4) is 0 Å².